The smallest absolute Gasteiger partial charge is 0.351 e. The van der Waals surface area contributed by atoms with Crippen LogP contribution >= 0.6 is 0 Å². The fraction of sp³-hybridized carbons (Fsp3) is 0.188. The average molecular weight is 254 g/mol. The molecule has 0 aliphatic carbocycles. The molecular weight excluding hydrogens is 240 g/mol. The zero-order valence-corrected chi connectivity index (χ0v) is 10.8. The molecule has 2 aromatic rings. The minimum absolute atomic E-state index is 0.383. The Morgan fingerprint density at radius 3 is 2.74 bits per heavy atom. The Labute approximate surface area is 111 Å². The van der Waals surface area contributed by atoms with Crippen LogP contribution in [0.15, 0.2) is 36.4 Å². The van der Waals surface area contributed by atoms with Gasteiger partial charge in [-0.15, -0.1) is 0 Å². The van der Waals surface area contributed by atoms with E-state index in [2.05, 4.69) is 19.1 Å². The van der Waals surface area contributed by atoms with Gasteiger partial charge in [0.25, 0.3) is 0 Å². The molecule has 0 spiro atoms. The van der Waals surface area contributed by atoms with E-state index in [-0.39, 0.29) is 5.97 Å². The Morgan fingerprint density at radius 1 is 1.26 bits per heavy atom. The fourth-order valence-corrected chi connectivity index (χ4v) is 2.41. The van der Waals surface area contributed by atoms with Crippen LogP contribution in [0.1, 0.15) is 11.1 Å². The minimum atomic E-state index is -0.663. The Hall–Kier alpha value is -2.29. The normalized spacial score (nSPS) is 16.8. The average Bonchev–Trinajstić information content (AvgIpc) is 2.46. The SMILES string of the molecule is COC(=O)C1C=Cc2cc(C)c3ccccc3c2O1. The van der Waals surface area contributed by atoms with Gasteiger partial charge < -0.3 is 9.47 Å². The lowest BCUT2D eigenvalue weighted by Crippen LogP contribution is -2.28. The molecule has 1 atom stereocenters. The Bertz CT molecular complexity index is 686. The number of hydrogen-bond acceptors (Lipinski definition) is 3. The molecule has 0 radical (unpaired) electrons. The highest BCUT2D eigenvalue weighted by Gasteiger charge is 2.24. The van der Waals surface area contributed by atoms with E-state index >= 15 is 0 Å². The summed E-state index contributed by atoms with van der Waals surface area (Å²) in [5.41, 5.74) is 2.19. The van der Waals surface area contributed by atoms with Crippen LogP contribution in [-0.2, 0) is 9.53 Å². The molecule has 2 aromatic carbocycles. The van der Waals surface area contributed by atoms with Crippen molar-refractivity contribution >= 4 is 22.8 Å². The lowest BCUT2D eigenvalue weighted by Gasteiger charge is -2.22. The predicted octanol–water partition coefficient (Wildman–Crippen LogP) is 3.10. The van der Waals surface area contributed by atoms with Gasteiger partial charge in [-0.05, 0) is 30.0 Å². The van der Waals surface area contributed by atoms with Crippen LogP contribution < -0.4 is 4.74 Å². The summed E-state index contributed by atoms with van der Waals surface area (Å²) in [6.07, 6.45) is 2.98. The number of rotatable bonds is 1. The Kier molecular flexibility index (Phi) is 2.75. The van der Waals surface area contributed by atoms with Crippen molar-refractivity contribution < 1.29 is 14.3 Å². The fourth-order valence-electron chi connectivity index (χ4n) is 2.41. The maximum absolute atomic E-state index is 11.6. The van der Waals surface area contributed by atoms with Gasteiger partial charge in [-0.3, -0.25) is 0 Å². The molecule has 0 aromatic heterocycles. The Morgan fingerprint density at radius 2 is 2.00 bits per heavy atom. The third-order valence-corrected chi connectivity index (χ3v) is 3.36. The van der Waals surface area contributed by atoms with E-state index in [1.165, 1.54) is 12.7 Å². The van der Waals surface area contributed by atoms with Gasteiger partial charge in [0, 0.05) is 10.9 Å². The highest BCUT2D eigenvalue weighted by Crippen LogP contribution is 2.36. The standard InChI is InChI=1S/C16H14O3/c1-10-9-11-7-8-14(16(17)18-2)19-15(11)13-6-4-3-5-12(10)13/h3-9,14H,1-2H3. The quantitative estimate of drug-likeness (QED) is 0.733. The number of methoxy groups -OCH3 is 1. The monoisotopic (exact) mass is 254 g/mol. The second-order valence-electron chi connectivity index (χ2n) is 4.58. The van der Waals surface area contributed by atoms with E-state index in [0.29, 0.717) is 0 Å². The van der Waals surface area contributed by atoms with Crippen molar-refractivity contribution in [2.75, 3.05) is 7.11 Å². The van der Waals surface area contributed by atoms with Gasteiger partial charge in [0.2, 0.25) is 6.10 Å². The largest absolute Gasteiger partial charge is 0.473 e. The summed E-state index contributed by atoms with van der Waals surface area (Å²) in [7, 11) is 1.36. The Balaban J connectivity index is 2.18. The van der Waals surface area contributed by atoms with Crippen molar-refractivity contribution in [3.8, 4) is 5.75 Å². The molecule has 1 aliphatic heterocycles. The lowest BCUT2D eigenvalue weighted by atomic mass is 9.98. The molecule has 1 aliphatic rings. The van der Waals surface area contributed by atoms with Crippen LogP contribution in [0.5, 0.6) is 5.75 Å². The van der Waals surface area contributed by atoms with Crippen molar-refractivity contribution in [3.63, 3.8) is 0 Å². The van der Waals surface area contributed by atoms with Gasteiger partial charge in [0.1, 0.15) is 5.75 Å². The van der Waals surface area contributed by atoms with Crippen LogP contribution in [0.2, 0.25) is 0 Å². The van der Waals surface area contributed by atoms with Crippen molar-refractivity contribution in [1.82, 2.24) is 0 Å². The summed E-state index contributed by atoms with van der Waals surface area (Å²) in [5, 5.41) is 2.16. The molecule has 0 amide bonds. The first-order chi connectivity index (χ1) is 9.20. The number of fused-ring (bicyclic) bond motifs is 3. The first kappa shape index (κ1) is 11.8. The third-order valence-electron chi connectivity index (χ3n) is 3.36. The number of carbonyl (C=O) groups excluding carboxylic acids is 1. The minimum Gasteiger partial charge on any atom is -0.473 e. The van der Waals surface area contributed by atoms with Crippen LogP contribution in [0, 0.1) is 6.92 Å². The summed E-state index contributed by atoms with van der Waals surface area (Å²) >= 11 is 0. The molecule has 3 heteroatoms. The number of benzene rings is 2. The first-order valence-corrected chi connectivity index (χ1v) is 6.16. The summed E-state index contributed by atoms with van der Waals surface area (Å²) in [4.78, 5) is 11.6. The van der Waals surface area contributed by atoms with E-state index in [1.807, 2.05) is 24.3 Å². The number of aryl methyl sites for hydroxylation is 1. The number of carbonyl (C=O) groups is 1. The lowest BCUT2D eigenvalue weighted by molar-refractivity contribution is -0.146. The molecule has 1 heterocycles. The van der Waals surface area contributed by atoms with Crippen LogP contribution in [0.3, 0.4) is 0 Å². The topological polar surface area (TPSA) is 35.5 Å². The zero-order valence-electron chi connectivity index (χ0n) is 10.8. The summed E-state index contributed by atoms with van der Waals surface area (Å²) in [6, 6.07) is 10.1. The van der Waals surface area contributed by atoms with E-state index < -0.39 is 6.10 Å². The van der Waals surface area contributed by atoms with E-state index in [0.717, 1.165) is 22.1 Å². The maximum atomic E-state index is 11.6. The van der Waals surface area contributed by atoms with Crippen LogP contribution in [0.25, 0.3) is 16.8 Å². The van der Waals surface area contributed by atoms with Gasteiger partial charge in [0.15, 0.2) is 0 Å². The predicted molar refractivity (Wildman–Crippen MR) is 74.2 cm³/mol. The number of esters is 1. The molecule has 3 nitrogen and oxygen atoms in total. The van der Waals surface area contributed by atoms with E-state index in [1.54, 1.807) is 6.08 Å². The van der Waals surface area contributed by atoms with Crippen LogP contribution in [-0.4, -0.2) is 19.2 Å². The zero-order chi connectivity index (χ0) is 13.4. The van der Waals surface area contributed by atoms with Gasteiger partial charge in [-0.2, -0.15) is 0 Å². The molecule has 1 unspecified atom stereocenters. The van der Waals surface area contributed by atoms with E-state index in [4.69, 9.17) is 9.47 Å². The highest BCUT2D eigenvalue weighted by molar-refractivity contribution is 5.95. The van der Waals surface area contributed by atoms with Gasteiger partial charge in [-0.25, -0.2) is 4.79 Å². The highest BCUT2D eigenvalue weighted by atomic mass is 16.6. The molecule has 0 bridgehead atoms. The molecule has 0 saturated heterocycles. The summed E-state index contributed by atoms with van der Waals surface area (Å²) in [6.45, 7) is 2.07. The maximum Gasteiger partial charge on any atom is 0.351 e. The molecule has 0 fully saturated rings. The molecule has 3 rings (SSSR count). The van der Waals surface area contributed by atoms with E-state index in [9.17, 15) is 4.79 Å². The molecule has 96 valence electrons. The summed E-state index contributed by atoms with van der Waals surface area (Å²) < 4.78 is 10.5. The number of ether oxygens (including phenoxy) is 2. The molecular formula is C16H14O3. The van der Waals surface area contributed by atoms with Gasteiger partial charge in [-0.1, -0.05) is 30.3 Å². The van der Waals surface area contributed by atoms with Gasteiger partial charge in [0.05, 0.1) is 7.11 Å². The first-order valence-electron chi connectivity index (χ1n) is 6.16. The van der Waals surface area contributed by atoms with Crippen molar-refractivity contribution in [1.29, 1.82) is 0 Å². The molecule has 0 saturated carbocycles. The molecule has 0 N–H and O–H groups in total. The van der Waals surface area contributed by atoms with Gasteiger partial charge >= 0.3 is 5.97 Å². The number of hydrogen-bond donors (Lipinski definition) is 0. The van der Waals surface area contributed by atoms with Crippen LogP contribution in [0.4, 0.5) is 0 Å². The summed E-state index contributed by atoms with van der Waals surface area (Å²) in [5.74, 6) is 0.366. The molecule has 19 heavy (non-hydrogen) atoms. The van der Waals surface area contributed by atoms with Crippen molar-refractivity contribution in [2.24, 2.45) is 0 Å². The van der Waals surface area contributed by atoms with Crippen molar-refractivity contribution in [3.05, 3.63) is 47.5 Å². The second-order valence-corrected chi connectivity index (χ2v) is 4.58. The third kappa shape index (κ3) is 1.87. The van der Waals surface area contributed by atoms with Crippen molar-refractivity contribution in [2.45, 2.75) is 13.0 Å². The second kappa shape index (κ2) is 4.43.